The summed E-state index contributed by atoms with van der Waals surface area (Å²) >= 11 is 0. The molecule has 0 radical (unpaired) electrons. The Kier molecular flexibility index (Phi) is 1.52. The summed E-state index contributed by atoms with van der Waals surface area (Å²) in [4.78, 5) is 10.2. The third kappa shape index (κ3) is 1.10. The van der Waals surface area contributed by atoms with Gasteiger partial charge in [-0.2, -0.15) is 0 Å². The van der Waals surface area contributed by atoms with Gasteiger partial charge >= 0.3 is 0 Å². The number of hydrogen-bond donors (Lipinski definition) is 0. The minimum absolute atomic E-state index is 0.856. The topological polar surface area (TPSA) is 17.1 Å². The van der Waals surface area contributed by atoms with Crippen LogP contribution in [0.2, 0.25) is 0 Å². The molecule has 1 aliphatic carbocycles. The molecule has 0 amide bonds. The molecule has 0 aromatic heterocycles. The summed E-state index contributed by atoms with van der Waals surface area (Å²) in [5.41, 5.74) is 3.47. The van der Waals surface area contributed by atoms with Crippen molar-refractivity contribution in [2.45, 2.75) is 20.3 Å². The van der Waals surface area contributed by atoms with Crippen LogP contribution in [0.25, 0.3) is 0 Å². The largest absolute Gasteiger partial charge is 0.298 e. The monoisotopic (exact) mass is 122 g/mol. The van der Waals surface area contributed by atoms with Gasteiger partial charge in [0, 0.05) is 0 Å². The number of carbonyl (C=O) groups excluding carboxylic acids is 1. The van der Waals surface area contributed by atoms with Crippen molar-refractivity contribution in [3.8, 4) is 0 Å². The normalized spacial score (nSPS) is 18.2. The fraction of sp³-hybridized carbons (Fsp3) is 0.375. The lowest BCUT2D eigenvalue weighted by Crippen LogP contribution is -1.78. The van der Waals surface area contributed by atoms with Gasteiger partial charge in [-0.15, -0.1) is 0 Å². The molecule has 0 aromatic rings. The molecule has 0 unspecified atom stereocenters. The van der Waals surface area contributed by atoms with Crippen LogP contribution < -0.4 is 0 Å². The van der Waals surface area contributed by atoms with Crippen molar-refractivity contribution in [3.63, 3.8) is 0 Å². The lowest BCUT2D eigenvalue weighted by atomic mass is 10.2. The van der Waals surface area contributed by atoms with Crippen LogP contribution in [0.5, 0.6) is 0 Å². The summed E-state index contributed by atoms with van der Waals surface area (Å²) in [5.74, 6) is 0. The molecular weight excluding hydrogens is 112 g/mol. The van der Waals surface area contributed by atoms with E-state index in [9.17, 15) is 4.79 Å². The Morgan fingerprint density at radius 2 is 2.22 bits per heavy atom. The van der Waals surface area contributed by atoms with E-state index in [-0.39, 0.29) is 0 Å². The third-order valence-corrected chi connectivity index (χ3v) is 1.70. The first kappa shape index (κ1) is 6.27. The highest BCUT2D eigenvalue weighted by Gasteiger charge is 2.06. The number of aldehydes is 1. The third-order valence-electron chi connectivity index (χ3n) is 1.70. The molecule has 0 aromatic carbocycles. The SMILES string of the molecule is CC1=C(C)CC(C=O)=C1. The minimum Gasteiger partial charge on any atom is -0.298 e. The smallest absolute Gasteiger partial charge is 0.146 e. The second kappa shape index (κ2) is 2.18. The van der Waals surface area contributed by atoms with Gasteiger partial charge in [-0.1, -0.05) is 17.2 Å². The Bertz CT molecular complexity index is 197. The highest BCUT2D eigenvalue weighted by atomic mass is 16.1. The molecule has 48 valence electrons. The second-order valence-corrected chi connectivity index (χ2v) is 2.48. The Hall–Kier alpha value is -0.850. The second-order valence-electron chi connectivity index (χ2n) is 2.48. The molecule has 1 rings (SSSR count). The fourth-order valence-corrected chi connectivity index (χ4v) is 0.974. The molecule has 0 atom stereocenters. The molecule has 1 heteroatoms. The summed E-state index contributed by atoms with van der Waals surface area (Å²) in [6.07, 6.45) is 3.73. The molecule has 0 saturated heterocycles. The molecule has 1 aliphatic rings. The predicted molar refractivity (Wildman–Crippen MR) is 37.1 cm³/mol. The van der Waals surface area contributed by atoms with Gasteiger partial charge in [0.05, 0.1) is 0 Å². The molecule has 9 heavy (non-hydrogen) atoms. The molecule has 0 heterocycles. The maximum atomic E-state index is 10.2. The predicted octanol–water partition coefficient (Wildman–Crippen LogP) is 1.85. The number of hydrogen-bond acceptors (Lipinski definition) is 1. The van der Waals surface area contributed by atoms with Crippen LogP contribution >= 0.6 is 0 Å². The van der Waals surface area contributed by atoms with Crippen molar-refractivity contribution in [1.29, 1.82) is 0 Å². The standard InChI is InChI=1S/C8H10O/c1-6-3-8(5-9)4-7(6)2/h3,5H,4H2,1-2H3. The zero-order valence-electron chi connectivity index (χ0n) is 5.77. The van der Waals surface area contributed by atoms with Crippen molar-refractivity contribution in [2.75, 3.05) is 0 Å². The van der Waals surface area contributed by atoms with Crippen molar-refractivity contribution in [1.82, 2.24) is 0 Å². The summed E-state index contributed by atoms with van der Waals surface area (Å²) < 4.78 is 0. The van der Waals surface area contributed by atoms with E-state index >= 15 is 0 Å². The van der Waals surface area contributed by atoms with E-state index in [0.717, 1.165) is 18.3 Å². The van der Waals surface area contributed by atoms with Gasteiger partial charge in [0.1, 0.15) is 6.29 Å². The zero-order chi connectivity index (χ0) is 6.85. The Labute approximate surface area is 55.1 Å². The highest BCUT2D eigenvalue weighted by molar-refractivity contribution is 5.77. The van der Waals surface area contributed by atoms with Crippen molar-refractivity contribution in [3.05, 3.63) is 22.8 Å². The summed E-state index contributed by atoms with van der Waals surface area (Å²) in [5, 5.41) is 0. The molecule has 0 saturated carbocycles. The van der Waals surface area contributed by atoms with Crippen molar-refractivity contribution >= 4 is 6.29 Å². The molecule has 0 spiro atoms. The van der Waals surface area contributed by atoms with E-state index in [1.807, 2.05) is 13.0 Å². The quantitative estimate of drug-likeness (QED) is 0.485. The summed E-state index contributed by atoms with van der Waals surface area (Å²) in [6, 6.07) is 0. The molecule has 0 fully saturated rings. The lowest BCUT2D eigenvalue weighted by molar-refractivity contribution is -0.104. The van der Waals surface area contributed by atoms with E-state index in [0.29, 0.717) is 0 Å². The van der Waals surface area contributed by atoms with Crippen molar-refractivity contribution < 1.29 is 4.79 Å². The van der Waals surface area contributed by atoms with Crippen LogP contribution in [0.4, 0.5) is 0 Å². The van der Waals surface area contributed by atoms with Crippen LogP contribution in [-0.4, -0.2) is 6.29 Å². The van der Waals surface area contributed by atoms with Gasteiger partial charge < -0.3 is 0 Å². The highest BCUT2D eigenvalue weighted by Crippen LogP contribution is 2.22. The van der Waals surface area contributed by atoms with Crippen molar-refractivity contribution in [2.24, 2.45) is 0 Å². The van der Waals surface area contributed by atoms with E-state index in [1.54, 1.807) is 0 Å². The van der Waals surface area contributed by atoms with Crippen LogP contribution in [0.3, 0.4) is 0 Å². The first-order chi connectivity index (χ1) is 4.24. The van der Waals surface area contributed by atoms with Gasteiger partial charge in [0.25, 0.3) is 0 Å². The van der Waals surface area contributed by atoms with Gasteiger partial charge in [0.15, 0.2) is 0 Å². The molecule has 0 N–H and O–H groups in total. The zero-order valence-corrected chi connectivity index (χ0v) is 5.77. The molecular formula is C8H10O. The van der Waals surface area contributed by atoms with Crippen LogP contribution in [0.15, 0.2) is 22.8 Å². The van der Waals surface area contributed by atoms with E-state index in [1.165, 1.54) is 11.1 Å². The van der Waals surface area contributed by atoms with Gasteiger partial charge in [-0.05, 0) is 25.8 Å². The molecule has 0 aliphatic heterocycles. The molecule has 0 bridgehead atoms. The van der Waals surface area contributed by atoms with Crippen LogP contribution in [0, 0.1) is 0 Å². The fourth-order valence-electron chi connectivity index (χ4n) is 0.974. The summed E-state index contributed by atoms with van der Waals surface area (Å²) in [6.45, 7) is 4.09. The van der Waals surface area contributed by atoms with Gasteiger partial charge in [-0.3, -0.25) is 4.79 Å². The number of rotatable bonds is 1. The van der Waals surface area contributed by atoms with E-state index < -0.39 is 0 Å². The first-order valence-corrected chi connectivity index (χ1v) is 3.06. The Morgan fingerprint density at radius 1 is 1.56 bits per heavy atom. The van der Waals surface area contributed by atoms with Crippen LogP contribution in [-0.2, 0) is 4.79 Å². The Balaban J connectivity index is 2.78. The first-order valence-electron chi connectivity index (χ1n) is 3.06. The summed E-state index contributed by atoms with van der Waals surface area (Å²) in [7, 11) is 0. The maximum absolute atomic E-state index is 10.2. The number of carbonyl (C=O) groups is 1. The van der Waals surface area contributed by atoms with E-state index in [4.69, 9.17) is 0 Å². The maximum Gasteiger partial charge on any atom is 0.146 e. The van der Waals surface area contributed by atoms with E-state index in [2.05, 4.69) is 6.92 Å². The average Bonchev–Trinajstić information content (AvgIpc) is 2.13. The van der Waals surface area contributed by atoms with Gasteiger partial charge in [0.2, 0.25) is 0 Å². The van der Waals surface area contributed by atoms with Gasteiger partial charge in [-0.25, -0.2) is 0 Å². The minimum atomic E-state index is 0.856. The Morgan fingerprint density at radius 3 is 2.44 bits per heavy atom. The average molecular weight is 122 g/mol. The number of allylic oxidation sites excluding steroid dienone is 4. The van der Waals surface area contributed by atoms with Crippen LogP contribution in [0.1, 0.15) is 20.3 Å². The molecule has 1 nitrogen and oxygen atoms in total. The lowest BCUT2D eigenvalue weighted by Gasteiger charge is -1.89.